The van der Waals surface area contributed by atoms with E-state index >= 15 is 0 Å². The van der Waals surface area contributed by atoms with Crippen LogP contribution in [-0.2, 0) is 4.79 Å². The lowest BCUT2D eigenvalue weighted by Crippen LogP contribution is -2.26. The number of aliphatic carboxylic acids is 1. The Morgan fingerprint density at radius 2 is 2.00 bits per heavy atom. The number of nitrogens with zero attached hydrogens (tertiary/aromatic N) is 1. The minimum Gasteiger partial charge on any atom is -0.480 e. The summed E-state index contributed by atoms with van der Waals surface area (Å²) < 4.78 is -0.790. The Hall–Kier alpha value is -1.03. The summed E-state index contributed by atoms with van der Waals surface area (Å²) in [5.74, 6) is -0.811. The second kappa shape index (κ2) is 3.79. The van der Waals surface area contributed by atoms with Crippen LogP contribution in [0.2, 0.25) is 0 Å². The lowest BCUT2D eigenvalue weighted by atomic mass is 10.2. The third kappa shape index (κ3) is 2.73. The number of carbonyl (C=O) groups is 1. The van der Waals surface area contributed by atoms with Gasteiger partial charge in [0.2, 0.25) is 0 Å². The molecule has 1 aromatic rings. The Labute approximate surface area is 81.2 Å². The smallest absolute Gasteiger partial charge is 0.319 e. The van der Waals surface area contributed by atoms with E-state index in [0.29, 0.717) is 0 Å². The maximum atomic E-state index is 10.8. The molecule has 0 atom stereocenters. The van der Waals surface area contributed by atoms with Crippen LogP contribution in [0.3, 0.4) is 0 Å². The first-order valence-electron chi connectivity index (χ1n) is 3.85. The van der Waals surface area contributed by atoms with Crippen LogP contribution >= 0.6 is 11.8 Å². The fourth-order valence-electron chi connectivity index (χ4n) is 0.745. The first-order valence-corrected chi connectivity index (χ1v) is 4.66. The molecule has 0 unspecified atom stereocenters. The predicted molar refractivity (Wildman–Crippen MR) is 51.8 cm³/mol. The second-order valence-corrected chi connectivity index (χ2v) is 4.80. The maximum absolute atomic E-state index is 10.8. The Bertz CT molecular complexity index is 298. The Balaban J connectivity index is 2.75. The van der Waals surface area contributed by atoms with Crippen LogP contribution in [0.25, 0.3) is 0 Å². The standard InChI is InChI=1S/C9H11NO2S/c1-9(2,8(11)12)13-7-3-5-10-6-4-7/h3-6H,1-2H3,(H,11,12). The molecule has 0 saturated heterocycles. The monoisotopic (exact) mass is 197 g/mol. The van der Waals surface area contributed by atoms with E-state index in [1.165, 1.54) is 11.8 Å². The van der Waals surface area contributed by atoms with Gasteiger partial charge in [0.25, 0.3) is 0 Å². The van der Waals surface area contributed by atoms with Crippen LogP contribution < -0.4 is 0 Å². The molecule has 0 bridgehead atoms. The molecule has 1 N–H and O–H groups in total. The van der Waals surface area contributed by atoms with Gasteiger partial charge in [-0.2, -0.15) is 0 Å². The zero-order chi connectivity index (χ0) is 9.90. The number of aromatic nitrogens is 1. The molecule has 4 heteroatoms. The van der Waals surface area contributed by atoms with Gasteiger partial charge in [-0.25, -0.2) is 0 Å². The third-order valence-electron chi connectivity index (χ3n) is 1.54. The zero-order valence-corrected chi connectivity index (χ0v) is 8.34. The SMILES string of the molecule is CC(C)(Sc1ccncc1)C(=O)O. The predicted octanol–water partition coefficient (Wildman–Crippen LogP) is 2.04. The molecule has 0 spiro atoms. The van der Waals surface area contributed by atoms with E-state index in [1.807, 2.05) is 0 Å². The van der Waals surface area contributed by atoms with Crippen molar-refractivity contribution in [2.75, 3.05) is 0 Å². The fraction of sp³-hybridized carbons (Fsp3) is 0.333. The van der Waals surface area contributed by atoms with Gasteiger partial charge in [-0.3, -0.25) is 9.78 Å². The Kier molecular flexibility index (Phi) is 2.93. The van der Waals surface area contributed by atoms with Gasteiger partial charge in [0.05, 0.1) is 0 Å². The lowest BCUT2D eigenvalue weighted by molar-refractivity contribution is -0.138. The van der Waals surface area contributed by atoms with Crippen molar-refractivity contribution in [2.24, 2.45) is 0 Å². The highest BCUT2D eigenvalue weighted by Gasteiger charge is 2.28. The lowest BCUT2D eigenvalue weighted by Gasteiger charge is -2.17. The van der Waals surface area contributed by atoms with Crippen LogP contribution in [0.1, 0.15) is 13.8 Å². The fourth-order valence-corrected chi connectivity index (χ4v) is 1.68. The molecule has 0 radical (unpaired) electrons. The summed E-state index contributed by atoms with van der Waals surface area (Å²) >= 11 is 1.31. The summed E-state index contributed by atoms with van der Waals surface area (Å²) in [7, 11) is 0. The molecule has 0 aliphatic rings. The first kappa shape index (κ1) is 10.1. The summed E-state index contributed by atoms with van der Waals surface area (Å²) in [5.41, 5.74) is 0. The van der Waals surface area contributed by atoms with E-state index in [1.54, 1.807) is 38.4 Å². The number of hydrogen-bond donors (Lipinski definition) is 1. The molecule has 0 fully saturated rings. The van der Waals surface area contributed by atoms with Crippen molar-refractivity contribution in [2.45, 2.75) is 23.5 Å². The largest absolute Gasteiger partial charge is 0.480 e. The summed E-state index contributed by atoms with van der Waals surface area (Å²) in [6.45, 7) is 3.36. The number of carboxylic acid groups (broad SMARTS) is 1. The highest BCUT2D eigenvalue weighted by Crippen LogP contribution is 2.31. The molecule has 1 aromatic heterocycles. The number of pyridine rings is 1. The van der Waals surface area contributed by atoms with Gasteiger partial charge in [0.1, 0.15) is 4.75 Å². The molecule has 0 aliphatic heterocycles. The van der Waals surface area contributed by atoms with Crippen molar-refractivity contribution in [1.82, 2.24) is 4.98 Å². The quantitative estimate of drug-likeness (QED) is 0.753. The van der Waals surface area contributed by atoms with E-state index in [9.17, 15) is 4.79 Å². The Morgan fingerprint density at radius 1 is 1.46 bits per heavy atom. The number of thioether (sulfide) groups is 1. The van der Waals surface area contributed by atoms with Crippen molar-refractivity contribution in [1.29, 1.82) is 0 Å². The Morgan fingerprint density at radius 3 is 2.46 bits per heavy atom. The minimum absolute atomic E-state index is 0.790. The number of rotatable bonds is 3. The van der Waals surface area contributed by atoms with Gasteiger partial charge in [-0.1, -0.05) is 0 Å². The van der Waals surface area contributed by atoms with Crippen molar-refractivity contribution in [3.05, 3.63) is 24.5 Å². The van der Waals surface area contributed by atoms with Crippen LogP contribution in [0.4, 0.5) is 0 Å². The van der Waals surface area contributed by atoms with E-state index in [4.69, 9.17) is 5.11 Å². The minimum atomic E-state index is -0.811. The molecule has 70 valence electrons. The highest BCUT2D eigenvalue weighted by molar-refractivity contribution is 8.01. The molecule has 0 aliphatic carbocycles. The number of carboxylic acids is 1. The molecule has 0 amide bonds. The van der Waals surface area contributed by atoms with Gasteiger partial charge < -0.3 is 5.11 Å². The van der Waals surface area contributed by atoms with Crippen molar-refractivity contribution in [3.8, 4) is 0 Å². The van der Waals surface area contributed by atoms with E-state index < -0.39 is 10.7 Å². The average molecular weight is 197 g/mol. The van der Waals surface area contributed by atoms with Crippen LogP contribution in [0.5, 0.6) is 0 Å². The zero-order valence-electron chi connectivity index (χ0n) is 7.52. The molecule has 13 heavy (non-hydrogen) atoms. The van der Waals surface area contributed by atoms with E-state index in [2.05, 4.69) is 4.98 Å². The van der Waals surface area contributed by atoms with Gasteiger partial charge in [0, 0.05) is 17.3 Å². The van der Waals surface area contributed by atoms with E-state index in [-0.39, 0.29) is 0 Å². The molecule has 0 saturated carbocycles. The number of hydrogen-bond acceptors (Lipinski definition) is 3. The van der Waals surface area contributed by atoms with Gasteiger partial charge in [-0.15, -0.1) is 11.8 Å². The maximum Gasteiger partial charge on any atom is 0.319 e. The van der Waals surface area contributed by atoms with Crippen LogP contribution in [0, 0.1) is 0 Å². The molecular weight excluding hydrogens is 186 g/mol. The van der Waals surface area contributed by atoms with Crippen LogP contribution in [-0.4, -0.2) is 20.8 Å². The van der Waals surface area contributed by atoms with Gasteiger partial charge >= 0.3 is 5.97 Å². The summed E-state index contributed by atoms with van der Waals surface area (Å²) in [6.07, 6.45) is 3.31. The van der Waals surface area contributed by atoms with E-state index in [0.717, 1.165) is 4.90 Å². The summed E-state index contributed by atoms with van der Waals surface area (Å²) in [4.78, 5) is 15.6. The second-order valence-electron chi connectivity index (χ2n) is 3.10. The normalized spacial score (nSPS) is 11.2. The highest BCUT2D eigenvalue weighted by atomic mass is 32.2. The third-order valence-corrected chi connectivity index (χ3v) is 2.73. The first-order chi connectivity index (χ1) is 6.02. The molecule has 1 heterocycles. The molecule has 3 nitrogen and oxygen atoms in total. The molecule has 1 rings (SSSR count). The van der Waals surface area contributed by atoms with Crippen LogP contribution in [0.15, 0.2) is 29.4 Å². The molecule has 0 aromatic carbocycles. The van der Waals surface area contributed by atoms with Crippen molar-refractivity contribution in [3.63, 3.8) is 0 Å². The molecular formula is C9H11NO2S. The van der Waals surface area contributed by atoms with Gasteiger partial charge in [-0.05, 0) is 26.0 Å². The summed E-state index contributed by atoms with van der Waals surface area (Å²) in [6, 6.07) is 3.60. The van der Waals surface area contributed by atoms with Crippen molar-refractivity contribution < 1.29 is 9.90 Å². The van der Waals surface area contributed by atoms with Gasteiger partial charge in [0.15, 0.2) is 0 Å². The average Bonchev–Trinajstić information content (AvgIpc) is 2.05. The van der Waals surface area contributed by atoms with Crippen molar-refractivity contribution >= 4 is 17.7 Å². The topological polar surface area (TPSA) is 50.2 Å². The summed E-state index contributed by atoms with van der Waals surface area (Å²) in [5, 5.41) is 8.87.